The van der Waals surface area contributed by atoms with Crippen LogP contribution in [0.3, 0.4) is 0 Å². The predicted molar refractivity (Wildman–Crippen MR) is 112 cm³/mol. The van der Waals surface area contributed by atoms with E-state index in [0.29, 0.717) is 46.3 Å². The molecular formula is C19H18Cl2F2N4OS. The summed E-state index contributed by atoms with van der Waals surface area (Å²) in [4.78, 5) is 15.6. The Morgan fingerprint density at radius 3 is 2.55 bits per heavy atom. The quantitative estimate of drug-likeness (QED) is 0.427. The van der Waals surface area contributed by atoms with Gasteiger partial charge in [-0.25, -0.2) is 23.7 Å². The van der Waals surface area contributed by atoms with Crippen LogP contribution in [0.2, 0.25) is 9.49 Å². The second-order valence-electron chi connectivity index (χ2n) is 6.19. The van der Waals surface area contributed by atoms with Crippen molar-refractivity contribution in [2.24, 2.45) is 0 Å². The number of aryl methyl sites for hydroxylation is 1. The fraction of sp³-hybridized carbons (Fsp3) is 0.316. The second kappa shape index (κ2) is 10.1. The molecule has 3 aromatic rings. The SMILES string of the molecule is Cc1ncnc(N(CCc2ccc(OCC(F)F)cc2)Cc2cnc(Cl)s2)c1Cl. The van der Waals surface area contributed by atoms with Gasteiger partial charge in [-0.05, 0) is 31.0 Å². The topological polar surface area (TPSA) is 51.1 Å². The summed E-state index contributed by atoms with van der Waals surface area (Å²) in [6.07, 6.45) is 1.42. The molecule has 10 heteroatoms. The fourth-order valence-corrected chi connectivity index (χ4v) is 3.86. The molecule has 0 fully saturated rings. The molecule has 0 amide bonds. The number of hydrogen-bond acceptors (Lipinski definition) is 6. The zero-order valence-electron chi connectivity index (χ0n) is 15.5. The molecule has 3 rings (SSSR count). The lowest BCUT2D eigenvalue weighted by Crippen LogP contribution is -2.26. The fourth-order valence-electron chi connectivity index (χ4n) is 2.65. The number of nitrogens with zero attached hydrogens (tertiary/aromatic N) is 4. The highest BCUT2D eigenvalue weighted by Gasteiger charge is 2.16. The third kappa shape index (κ3) is 6.22. The summed E-state index contributed by atoms with van der Waals surface area (Å²) < 4.78 is 30.0. The largest absolute Gasteiger partial charge is 0.488 e. The minimum absolute atomic E-state index is 0.416. The summed E-state index contributed by atoms with van der Waals surface area (Å²) in [6, 6.07) is 7.09. The highest BCUT2D eigenvalue weighted by Crippen LogP contribution is 2.28. The summed E-state index contributed by atoms with van der Waals surface area (Å²) in [5.74, 6) is 1.06. The van der Waals surface area contributed by atoms with Gasteiger partial charge in [-0.2, -0.15) is 0 Å². The Bertz CT molecular complexity index is 940. The molecule has 0 bridgehead atoms. The third-order valence-corrected chi connectivity index (χ3v) is 5.63. The molecule has 2 heterocycles. The minimum atomic E-state index is -2.50. The number of hydrogen-bond donors (Lipinski definition) is 0. The van der Waals surface area contributed by atoms with Gasteiger partial charge in [-0.3, -0.25) is 0 Å². The number of ether oxygens (including phenoxy) is 1. The first-order valence-electron chi connectivity index (χ1n) is 8.74. The molecule has 29 heavy (non-hydrogen) atoms. The highest BCUT2D eigenvalue weighted by molar-refractivity contribution is 7.15. The molecule has 0 aliphatic carbocycles. The summed E-state index contributed by atoms with van der Waals surface area (Å²) in [5, 5.41) is 0.499. The normalized spacial score (nSPS) is 11.1. The average molecular weight is 459 g/mol. The van der Waals surface area contributed by atoms with Gasteiger partial charge in [0.15, 0.2) is 10.3 Å². The van der Waals surface area contributed by atoms with Crippen molar-refractivity contribution in [1.82, 2.24) is 15.0 Å². The van der Waals surface area contributed by atoms with E-state index in [1.807, 2.05) is 24.0 Å². The molecule has 0 spiro atoms. The Morgan fingerprint density at radius 1 is 1.14 bits per heavy atom. The maximum absolute atomic E-state index is 12.2. The van der Waals surface area contributed by atoms with Crippen LogP contribution < -0.4 is 9.64 Å². The van der Waals surface area contributed by atoms with Gasteiger partial charge in [0.05, 0.1) is 12.2 Å². The van der Waals surface area contributed by atoms with E-state index in [4.69, 9.17) is 27.9 Å². The van der Waals surface area contributed by atoms with Gasteiger partial charge in [0.1, 0.15) is 23.7 Å². The Balaban J connectivity index is 1.72. The van der Waals surface area contributed by atoms with Crippen molar-refractivity contribution in [3.8, 4) is 5.75 Å². The van der Waals surface area contributed by atoms with Gasteiger partial charge in [0.25, 0.3) is 6.43 Å². The molecule has 1 aromatic carbocycles. The van der Waals surface area contributed by atoms with E-state index >= 15 is 0 Å². The Labute approximate surface area is 181 Å². The van der Waals surface area contributed by atoms with Crippen LogP contribution in [-0.4, -0.2) is 34.5 Å². The van der Waals surface area contributed by atoms with Crippen LogP contribution in [0.4, 0.5) is 14.6 Å². The Hall–Kier alpha value is -2.03. The standard InChI is InChI=1S/C19H18Cl2F2N4OS/c1-12-17(20)18(26-11-25-12)27(9-15-8-24-19(21)29-15)7-6-13-2-4-14(5-3-13)28-10-16(22)23/h2-5,8,11,16H,6-7,9-10H2,1H3. The first-order valence-corrected chi connectivity index (χ1v) is 10.3. The lowest BCUT2D eigenvalue weighted by atomic mass is 10.1. The van der Waals surface area contributed by atoms with Crippen LogP contribution in [0.5, 0.6) is 5.75 Å². The summed E-state index contributed by atoms with van der Waals surface area (Å²) in [6.45, 7) is 2.39. The Morgan fingerprint density at radius 2 is 1.90 bits per heavy atom. The molecule has 0 saturated heterocycles. The third-order valence-electron chi connectivity index (χ3n) is 4.09. The zero-order valence-corrected chi connectivity index (χ0v) is 17.8. The molecule has 0 unspecified atom stereocenters. The van der Waals surface area contributed by atoms with Crippen molar-refractivity contribution in [1.29, 1.82) is 0 Å². The van der Waals surface area contributed by atoms with Crippen LogP contribution >= 0.6 is 34.5 Å². The monoisotopic (exact) mass is 458 g/mol. The maximum atomic E-state index is 12.2. The van der Waals surface area contributed by atoms with Crippen LogP contribution in [0.15, 0.2) is 36.8 Å². The number of thiazole rings is 1. The van der Waals surface area contributed by atoms with E-state index in [0.717, 1.165) is 10.4 Å². The Kier molecular flexibility index (Phi) is 7.57. The lowest BCUT2D eigenvalue weighted by Gasteiger charge is -2.24. The summed E-state index contributed by atoms with van der Waals surface area (Å²) >= 11 is 13.8. The number of alkyl halides is 2. The average Bonchev–Trinajstić information content (AvgIpc) is 3.11. The van der Waals surface area contributed by atoms with Gasteiger partial charge in [0, 0.05) is 17.6 Å². The second-order valence-corrected chi connectivity index (χ2v) is 8.27. The molecule has 154 valence electrons. The van der Waals surface area contributed by atoms with Crippen molar-refractivity contribution < 1.29 is 13.5 Å². The number of benzene rings is 1. The van der Waals surface area contributed by atoms with Crippen molar-refractivity contribution >= 4 is 40.4 Å². The van der Waals surface area contributed by atoms with E-state index in [2.05, 4.69) is 15.0 Å². The number of aromatic nitrogens is 3. The van der Waals surface area contributed by atoms with Crippen LogP contribution in [0.1, 0.15) is 16.1 Å². The molecule has 0 radical (unpaired) electrons. The maximum Gasteiger partial charge on any atom is 0.272 e. The molecule has 0 aliphatic heterocycles. The van der Waals surface area contributed by atoms with Crippen molar-refractivity contribution in [2.45, 2.75) is 26.3 Å². The number of halogens is 4. The van der Waals surface area contributed by atoms with Gasteiger partial charge < -0.3 is 9.64 Å². The first kappa shape index (κ1) is 21.7. The lowest BCUT2D eigenvalue weighted by molar-refractivity contribution is 0.0819. The molecule has 5 nitrogen and oxygen atoms in total. The molecular weight excluding hydrogens is 441 g/mol. The van der Waals surface area contributed by atoms with E-state index in [1.54, 1.807) is 18.3 Å². The van der Waals surface area contributed by atoms with Gasteiger partial charge in [0.2, 0.25) is 0 Å². The highest BCUT2D eigenvalue weighted by atomic mass is 35.5. The number of anilines is 1. The molecule has 0 saturated carbocycles. The molecule has 2 aromatic heterocycles. The first-order chi connectivity index (χ1) is 13.9. The molecule has 0 N–H and O–H groups in total. The molecule has 0 atom stereocenters. The van der Waals surface area contributed by atoms with Crippen molar-refractivity contribution in [3.05, 3.63) is 62.4 Å². The van der Waals surface area contributed by atoms with Gasteiger partial charge >= 0.3 is 0 Å². The van der Waals surface area contributed by atoms with Crippen molar-refractivity contribution in [3.63, 3.8) is 0 Å². The van der Waals surface area contributed by atoms with Crippen LogP contribution in [0, 0.1) is 6.92 Å². The van der Waals surface area contributed by atoms with E-state index < -0.39 is 13.0 Å². The molecule has 0 aliphatic rings. The minimum Gasteiger partial charge on any atom is -0.488 e. The zero-order chi connectivity index (χ0) is 20.8. The van der Waals surface area contributed by atoms with Gasteiger partial charge in [-0.15, -0.1) is 11.3 Å². The van der Waals surface area contributed by atoms with E-state index in [1.165, 1.54) is 17.7 Å². The van der Waals surface area contributed by atoms with E-state index in [9.17, 15) is 8.78 Å². The summed E-state index contributed by atoms with van der Waals surface area (Å²) in [7, 11) is 0. The van der Waals surface area contributed by atoms with Crippen LogP contribution in [0.25, 0.3) is 0 Å². The summed E-state index contributed by atoms with van der Waals surface area (Å²) in [5.41, 5.74) is 1.73. The van der Waals surface area contributed by atoms with Crippen molar-refractivity contribution in [2.75, 3.05) is 18.1 Å². The number of rotatable bonds is 9. The van der Waals surface area contributed by atoms with Gasteiger partial charge in [-0.1, -0.05) is 35.3 Å². The van der Waals surface area contributed by atoms with Crippen LogP contribution in [-0.2, 0) is 13.0 Å². The predicted octanol–water partition coefficient (Wildman–Crippen LogP) is 5.44. The smallest absolute Gasteiger partial charge is 0.272 e. The van der Waals surface area contributed by atoms with E-state index in [-0.39, 0.29) is 0 Å².